The molecule has 0 spiro atoms. The van der Waals surface area contributed by atoms with Gasteiger partial charge in [0.15, 0.2) is 0 Å². The van der Waals surface area contributed by atoms with Crippen LogP contribution in [0.3, 0.4) is 0 Å². The highest BCUT2D eigenvalue weighted by molar-refractivity contribution is 8.04. The topological polar surface area (TPSA) is 0 Å². The molecule has 4 heteroatoms. The maximum Gasteiger partial charge on any atom is 0.0184 e. The van der Waals surface area contributed by atoms with Crippen molar-refractivity contribution in [2.45, 2.75) is 11.5 Å². The molecule has 0 saturated heterocycles. The molecule has 0 fully saturated rings. The van der Waals surface area contributed by atoms with Gasteiger partial charge in [-0.15, -0.1) is 23.5 Å². The van der Waals surface area contributed by atoms with E-state index < -0.39 is 0 Å². The third-order valence-corrected chi connectivity index (χ3v) is 6.42. The van der Waals surface area contributed by atoms with Crippen LogP contribution in [0.5, 0.6) is 0 Å². The molecule has 1 aromatic carbocycles. The summed E-state index contributed by atoms with van der Waals surface area (Å²) in [5, 5.41) is 3.83. The molecule has 0 atom stereocenters. The van der Waals surface area contributed by atoms with Crippen molar-refractivity contribution in [2.75, 3.05) is 23.0 Å². The van der Waals surface area contributed by atoms with Crippen LogP contribution in [0.4, 0.5) is 0 Å². The summed E-state index contributed by atoms with van der Waals surface area (Å²) in [7, 11) is 0. The molecule has 110 valence electrons. The minimum Gasteiger partial charge on any atom is -0.156 e. The quantitative estimate of drug-likeness (QED) is 0.433. The Kier molecular flexibility index (Phi) is 11.6. The molecule has 0 heterocycles. The van der Waals surface area contributed by atoms with Crippen LogP contribution in [0.25, 0.3) is 0 Å². The summed E-state index contributed by atoms with van der Waals surface area (Å²) in [6.07, 6.45) is 0. The van der Waals surface area contributed by atoms with E-state index in [4.69, 9.17) is 0 Å². The molecule has 0 nitrogen and oxygen atoms in total. The first-order valence-corrected chi connectivity index (χ1v) is 11.0. The normalized spacial score (nSPS) is 10.4. The highest BCUT2D eigenvalue weighted by Crippen LogP contribution is 2.18. The van der Waals surface area contributed by atoms with Gasteiger partial charge in [-0.05, 0) is 21.9 Å². The van der Waals surface area contributed by atoms with E-state index in [9.17, 15) is 0 Å². The minimum atomic E-state index is 1.11. The van der Waals surface area contributed by atoms with E-state index in [-0.39, 0.29) is 0 Å². The second kappa shape index (κ2) is 12.8. The van der Waals surface area contributed by atoms with Crippen molar-refractivity contribution in [2.24, 2.45) is 0 Å². The summed E-state index contributed by atoms with van der Waals surface area (Å²) in [5.41, 5.74) is 2.85. The number of rotatable bonds is 12. The average molecular weight is 343 g/mol. The molecular weight excluding hydrogens is 320 g/mol. The zero-order chi connectivity index (χ0) is 14.5. The van der Waals surface area contributed by atoms with Crippen LogP contribution in [0, 0.1) is 0 Å². The van der Waals surface area contributed by atoms with Crippen LogP contribution in [-0.2, 0) is 11.5 Å². The van der Waals surface area contributed by atoms with Gasteiger partial charge in [0, 0.05) is 34.5 Å². The molecule has 0 N–H and O–H groups in total. The molecular formula is C16H22S4. The molecule has 0 aliphatic carbocycles. The Bertz CT molecular complexity index is 336. The number of hydrogen-bond donors (Lipinski definition) is 0. The Labute approximate surface area is 140 Å². The van der Waals surface area contributed by atoms with Crippen LogP contribution in [0.2, 0.25) is 0 Å². The monoisotopic (exact) mass is 342 g/mol. The van der Waals surface area contributed by atoms with Gasteiger partial charge in [-0.1, -0.05) is 37.4 Å². The molecule has 1 rings (SSSR count). The first-order valence-electron chi connectivity index (χ1n) is 6.55. The SMILES string of the molecule is C=CSCCSCc1ccc(CSCCSC=C)cc1. The van der Waals surface area contributed by atoms with E-state index in [0.29, 0.717) is 0 Å². The second-order valence-electron chi connectivity index (χ2n) is 4.00. The second-order valence-corrected chi connectivity index (χ2v) is 8.36. The van der Waals surface area contributed by atoms with E-state index >= 15 is 0 Å². The van der Waals surface area contributed by atoms with Crippen LogP contribution in [0.15, 0.2) is 48.2 Å². The smallest absolute Gasteiger partial charge is 0.0184 e. The van der Waals surface area contributed by atoms with Crippen LogP contribution in [0.1, 0.15) is 11.1 Å². The van der Waals surface area contributed by atoms with Crippen molar-refractivity contribution in [1.82, 2.24) is 0 Å². The summed E-state index contributed by atoms with van der Waals surface area (Å²) in [4.78, 5) is 0. The van der Waals surface area contributed by atoms with Gasteiger partial charge in [0.1, 0.15) is 0 Å². The van der Waals surface area contributed by atoms with Crippen LogP contribution >= 0.6 is 47.0 Å². The van der Waals surface area contributed by atoms with Crippen molar-refractivity contribution in [3.05, 3.63) is 59.4 Å². The van der Waals surface area contributed by atoms with Crippen molar-refractivity contribution >= 4 is 47.0 Å². The fourth-order valence-electron chi connectivity index (χ4n) is 1.49. The van der Waals surface area contributed by atoms with Gasteiger partial charge in [-0.25, -0.2) is 0 Å². The first kappa shape index (κ1) is 18.1. The Morgan fingerprint density at radius 2 is 1.10 bits per heavy atom. The molecule has 0 aromatic heterocycles. The Morgan fingerprint density at radius 3 is 1.45 bits per heavy atom. The minimum absolute atomic E-state index is 1.11. The number of hydrogen-bond acceptors (Lipinski definition) is 4. The molecule has 0 aliphatic rings. The predicted molar refractivity (Wildman–Crippen MR) is 104 cm³/mol. The summed E-state index contributed by atoms with van der Waals surface area (Å²) >= 11 is 7.57. The van der Waals surface area contributed by atoms with Gasteiger partial charge in [0.25, 0.3) is 0 Å². The van der Waals surface area contributed by atoms with Gasteiger partial charge in [-0.3, -0.25) is 0 Å². The zero-order valence-electron chi connectivity index (χ0n) is 11.8. The lowest BCUT2D eigenvalue weighted by Crippen LogP contribution is -1.88. The van der Waals surface area contributed by atoms with Crippen LogP contribution < -0.4 is 0 Å². The molecule has 0 amide bonds. The Morgan fingerprint density at radius 1 is 0.700 bits per heavy atom. The summed E-state index contributed by atoms with van der Waals surface area (Å²) in [6.45, 7) is 7.43. The first-order chi connectivity index (χ1) is 9.86. The van der Waals surface area contributed by atoms with E-state index in [1.54, 1.807) is 23.5 Å². The third kappa shape index (κ3) is 9.11. The van der Waals surface area contributed by atoms with Gasteiger partial charge in [0.2, 0.25) is 0 Å². The van der Waals surface area contributed by atoms with E-state index in [1.165, 1.54) is 22.6 Å². The lowest BCUT2D eigenvalue weighted by Gasteiger charge is -2.04. The fourth-order valence-corrected chi connectivity index (χ4v) is 4.68. The molecule has 0 bridgehead atoms. The van der Waals surface area contributed by atoms with Crippen molar-refractivity contribution in [1.29, 1.82) is 0 Å². The molecule has 0 saturated carbocycles. The standard InChI is InChI=1S/C16H22S4/c1-3-17-9-11-19-13-15-5-7-16(8-6-15)14-20-12-10-18-4-2/h3-8H,1-2,9-14H2. The van der Waals surface area contributed by atoms with E-state index in [2.05, 4.69) is 37.4 Å². The molecule has 1 aromatic rings. The van der Waals surface area contributed by atoms with E-state index in [1.807, 2.05) is 34.3 Å². The van der Waals surface area contributed by atoms with Crippen molar-refractivity contribution in [3.63, 3.8) is 0 Å². The molecule has 20 heavy (non-hydrogen) atoms. The van der Waals surface area contributed by atoms with Crippen molar-refractivity contribution in [3.8, 4) is 0 Å². The number of benzene rings is 1. The maximum absolute atomic E-state index is 3.71. The van der Waals surface area contributed by atoms with Gasteiger partial charge in [-0.2, -0.15) is 23.5 Å². The summed E-state index contributed by atoms with van der Waals surface area (Å²) in [6, 6.07) is 9.06. The highest BCUT2D eigenvalue weighted by Gasteiger charge is 1.97. The Hall–Kier alpha value is 0.1000. The fraction of sp³-hybridized carbons (Fsp3) is 0.375. The lowest BCUT2D eigenvalue weighted by molar-refractivity contribution is 1.33. The molecule has 0 unspecified atom stereocenters. The summed E-state index contributed by atoms with van der Waals surface area (Å²) < 4.78 is 0. The van der Waals surface area contributed by atoms with Gasteiger partial charge in [0.05, 0.1) is 0 Å². The summed E-state index contributed by atoms with van der Waals surface area (Å²) in [5.74, 6) is 6.92. The van der Waals surface area contributed by atoms with Crippen molar-refractivity contribution < 1.29 is 0 Å². The predicted octanol–water partition coefficient (Wildman–Crippen LogP) is 5.91. The largest absolute Gasteiger partial charge is 0.156 e. The highest BCUT2D eigenvalue weighted by atomic mass is 32.2. The van der Waals surface area contributed by atoms with Gasteiger partial charge < -0.3 is 0 Å². The van der Waals surface area contributed by atoms with Gasteiger partial charge >= 0.3 is 0 Å². The average Bonchev–Trinajstić information content (AvgIpc) is 2.48. The zero-order valence-corrected chi connectivity index (χ0v) is 15.0. The maximum atomic E-state index is 3.71. The van der Waals surface area contributed by atoms with Crippen LogP contribution in [-0.4, -0.2) is 23.0 Å². The molecule has 0 radical (unpaired) electrons. The number of thioether (sulfide) groups is 4. The molecule has 0 aliphatic heterocycles. The third-order valence-electron chi connectivity index (χ3n) is 2.49. The Balaban J connectivity index is 2.15. The lowest BCUT2D eigenvalue weighted by atomic mass is 10.2. The van der Waals surface area contributed by atoms with E-state index in [0.717, 1.165) is 23.0 Å².